The number of hydrogen-bond acceptors (Lipinski definition) is 3. The van der Waals surface area contributed by atoms with E-state index >= 15 is 0 Å². The monoisotopic (exact) mass is 296 g/mol. The molecule has 1 aliphatic carbocycles. The van der Waals surface area contributed by atoms with Gasteiger partial charge in [-0.1, -0.05) is 0 Å². The van der Waals surface area contributed by atoms with Crippen molar-refractivity contribution < 1.29 is 4.74 Å². The molecule has 0 spiro atoms. The van der Waals surface area contributed by atoms with Gasteiger partial charge in [-0.05, 0) is 74.9 Å². The molecule has 116 valence electrons. The average Bonchev–Trinajstić information content (AvgIpc) is 2.91. The van der Waals surface area contributed by atoms with Gasteiger partial charge in [0.25, 0.3) is 0 Å². The highest BCUT2D eigenvalue weighted by molar-refractivity contribution is 5.85. The van der Waals surface area contributed by atoms with Gasteiger partial charge in [0.2, 0.25) is 0 Å². The van der Waals surface area contributed by atoms with Gasteiger partial charge in [-0.2, -0.15) is 0 Å². The van der Waals surface area contributed by atoms with Gasteiger partial charge in [-0.3, -0.25) is 0 Å². The molecule has 0 bridgehead atoms. The Hall–Kier alpha value is -1.61. The van der Waals surface area contributed by atoms with E-state index in [-0.39, 0.29) is 12.2 Å². The number of rotatable bonds is 1. The first-order chi connectivity index (χ1) is 10.6. The van der Waals surface area contributed by atoms with Gasteiger partial charge in [0, 0.05) is 18.5 Å². The minimum Gasteiger partial charge on any atom is -0.372 e. The minimum atomic E-state index is 0.265. The van der Waals surface area contributed by atoms with E-state index in [4.69, 9.17) is 9.72 Å². The molecule has 0 N–H and O–H groups in total. The Morgan fingerprint density at radius 2 is 1.73 bits per heavy atom. The molecule has 3 heteroatoms. The molecule has 1 fully saturated rings. The predicted molar refractivity (Wildman–Crippen MR) is 90.7 cm³/mol. The van der Waals surface area contributed by atoms with Crippen LogP contribution < -0.4 is 4.90 Å². The first kappa shape index (κ1) is 14.0. The molecule has 1 aliphatic heterocycles. The van der Waals surface area contributed by atoms with Crippen LogP contribution in [0.4, 0.5) is 5.82 Å². The van der Waals surface area contributed by atoms with Gasteiger partial charge < -0.3 is 9.64 Å². The Labute approximate surface area is 132 Å². The van der Waals surface area contributed by atoms with Crippen molar-refractivity contribution in [1.82, 2.24) is 4.98 Å². The molecule has 2 aromatic rings. The van der Waals surface area contributed by atoms with Crippen molar-refractivity contribution in [1.29, 1.82) is 0 Å². The molecular formula is C19H24N2O. The fourth-order valence-corrected chi connectivity index (χ4v) is 3.97. The van der Waals surface area contributed by atoms with Gasteiger partial charge in [0.1, 0.15) is 5.82 Å². The Balaban J connectivity index is 1.77. The highest BCUT2D eigenvalue weighted by atomic mass is 16.5. The number of fused-ring (bicyclic) bond motifs is 2. The maximum absolute atomic E-state index is 5.85. The largest absolute Gasteiger partial charge is 0.372 e. The molecule has 22 heavy (non-hydrogen) atoms. The van der Waals surface area contributed by atoms with Crippen LogP contribution in [0.2, 0.25) is 0 Å². The number of nitrogens with zero attached hydrogens (tertiary/aromatic N) is 2. The van der Waals surface area contributed by atoms with Gasteiger partial charge in [-0.15, -0.1) is 0 Å². The van der Waals surface area contributed by atoms with Crippen LogP contribution in [0.5, 0.6) is 0 Å². The van der Waals surface area contributed by atoms with E-state index in [1.807, 2.05) is 0 Å². The summed E-state index contributed by atoms with van der Waals surface area (Å²) < 4.78 is 5.85. The van der Waals surface area contributed by atoms with Crippen molar-refractivity contribution in [2.75, 3.05) is 18.0 Å². The fraction of sp³-hybridized carbons (Fsp3) is 0.526. The predicted octanol–water partition coefficient (Wildman–Crippen LogP) is 3.65. The molecule has 0 saturated carbocycles. The van der Waals surface area contributed by atoms with Gasteiger partial charge in [0.05, 0.1) is 17.7 Å². The average molecular weight is 296 g/mol. The zero-order valence-electron chi connectivity index (χ0n) is 13.7. The maximum atomic E-state index is 5.85. The van der Waals surface area contributed by atoms with Crippen LogP contribution >= 0.6 is 0 Å². The molecule has 1 aromatic heterocycles. The second-order valence-electron chi connectivity index (χ2n) is 6.95. The van der Waals surface area contributed by atoms with Gasteiger partial charge >= 0.3 is 0 Å². The van der Waals surface area contributed by atoms with Crippen molar-refractivity contribution in [3.05, 3.63) is 34.9 Å². The Morgan fingerprint density at radius 1 is 1.05 bits per heavy atom. The van der Waals surface area contributed by atoms with Crippen molar-refractivity contribution in [2.24, 2.45) is 0 Å². The third-order valence-electron chi connectivity index (χ3n) is 4.96. The van der Waals surface area contributed by atoms with E-state index in [1.54, 1.807) is 0 Å². The number of anilines is 1. The highest BCUT2D eigenvalue weighted by Crippen LogP contribution is 2.30. The van der Waals surface area contributed by atoms with E-state index in [9.17, 15) is 0 Å². The van der Waals surface area contributed by atoms with Gasteiger partial charge in [-0.25, -0.2) is 4.98 Å². The number of morpholine rings is 1. The fourth-order valence-electron chi connectivity index (χ4n) is 3.97. The lowest BCUT2D eigenvalue weighted by molar-refractivity contribution is -0.00544. The third kappa shape index (κ3) is 2.38. The molecular weight excluding hydrogens is 272 g/mol. The number of hydrogen-bond donors (Lipinski definition) is 0. The first-order valence-electron chi connectivity index (χ1n) is 8.44. The van der Waals surface area contributed by atoms with E-state index in [2.05, 4.69) is 43.9 Å². The Kier molecular flexibility index (Phi) is 3.33. The number of benzene rings is 1. The lowest BCUT2D eigenvalue weighted by Gasteiger charge is -2.36. The van der Waals surface area contributed by atoms with E-state index in [0.29, 0.717) is 0 Å². The molecule has 0 amide bonds. The summed E-state index contributed by atoms with van der Waals surface area (Å²) in [7, 11) is 0. The summed E-state index contributed by atoms with van der Waals surface area (Å²) in [4.78, 5) is 7.35. The van der Waals surface area contributed by atoms with Crippen molar-refractivity contribution in [2.45, 2.75) is 52.2 Å². The number of aryl methyl sites for hydroxylation is 3. The number of pyridine rings is 1. The smallest absolute Gasteiger partial charge is 0.129 e. The van der Waals surface area contributed by atoms with E-state index in [0.717, 1.165) is 24.4 Å². The molecule has 1 saturated heterocycles. The Morgan fingerprint density at radius 3 is 2.45 bits per heavy atom. The van der Waals surface area contributed by atoms with Gasteiger partial charge in [0.15, 0.2) is 0 Å². The summed E-state index contributed by atoms with van der Waals surface area (Å²) in [5, 5.41) is 1.32. The lowest BCUT2D eigenvalue weighted by atomic mass is 10.0. The second kappa shape index (κ2) is 5.24. The lowest BCUT2D eigenvalue weighted by Crippen LogP contribution is -2.45. The quantitative estimate of drug-likeness (QED) is 0.803. The molecule has 2 atom stereocenters. The zero-order valence-corrected chi connectivity index (χ0v) is 13.7. The topological polar surface area (TPSA) is 25.4 Å². The van der Waals surface area contributed by atoms with E-state index < -0.39 is 0 Å². The van der Waals surface area contributed by atoms with Crippen LogP contribution in [0, 0.1) is 6.92 Å². The summed E-state index contributed by atoms with van der Waals surface area (Å²) in [5.74, 6) is 1.10. The molecule has 1 aromatic carbocycles. The first-order valence-corrected chi connectivity index (χ1v) is 8.44. The van der Waals surface area contributed by atoms with Crippen molar-refractivity contribution in [3.8, 4) is 0 Å². The minimum absolute atomic E-state index is 0.265. The van der Waals surface area contributed by atoms with Crippen LogP contribution in [-0.4, -0.2) is 30.3 Å². The van der Waals surface area contributed by atoms with Crippen LogP contribution in [-0.2, 0) is 17.6 Å². The SMILES string of the molecule is Cc1cc(N2C[C@@H](C)O[C@@H](C)C2)nc2cc3c(cc12)CCC3. The van der Waals surface area contributed by atoms with E-state index in [1.165, 1.54) is 41.3 Å². The third-order valence-corrected chi connectivity index (χ3v) is 4.96. The highest BCUT2D eigenvalue weighted by Gasteiger charge is 2.24. The number of ether oxygens (including phenoxy) is 1. The Bertz CT molecular complexity index is 715. The summed E-state index contributed by atoms with van der Waals surface area (Å²) >= 11 is 0. The summed E-state index contributed by atoms with van der Waals surface area (Å²) in [6, 6.07) is 6.93. The standard InChI is InChI=1S/C19H24N2O/c1-12-7-19(21-10-13(2)22-14(3)11-21)20-18-9-16-6-4-5-15(16)8-17(12)18/h7-9,13-14H,4-6,10-11H2,1-3H3/t13-,14+. The molecule has 2 aliphatic rings. The maximum Gasteiger partial charge on any atom is 0.129 e. The molecule has 3 nitrogen and oxygen atoms in total. The summed E-state index contributed by atoms with van der Waals surface area (Å²) in [5.41, 5.74) is 5.52. The van der Waals surface area contributed by atoms with Crippen LogP contribution in [0.25, 0.3) is 10.9 Å². The molecule has 2 heterocycles. The zero-order chi connectivity index (χ0) is 15.3. The van der Waals surface area contributed by atoms with Crippen molar-refractivity contribution in [3.63, 3.8) is 0 Å². The van der Waals surface area contributed by atoms with Crippen LogP contribution in [0.3, 0.4) is 0 Å². The van der Waals surface area contributed by atoms with Crippen LogP contribution in [0.15, 0.2) is 18.2 Å². The normalized spacial score (nSPS) is 24.8. The molecule has 0 unspecified atom stereocenters. The molecule has 0 radical (unpaired) electrons. The van der Waals surface area contributed by atoms with Crippen molar-refractivity contribution >= 4 is 16.7 Å². The second-order valence-corrected chi connectivity index (χ2v) is 6.95. The molecule has 4 rings (SSSR count). The number of aromatic nitrogens is 1. The summed E-state index contributed by atoms with van der Waals surface area (Å²) in [6.45, 7) is 8.34. The van der Waals surface area contributed by atoms with Crippen LogP contribution in [0.1, 0.15) is 37.0 Å². The summed E-state index contributed by atoms with van der Waals surface area (Å²) in [6.07, 6.45) is 4.26.